The van der Waals surface area contributed by atoms with Gasteiger partial charge in [0.15, 0.2) is 0 Å². The van der Waals surface area contributed by atoms with Crippen LogP contribution in [0.25, 0.3) is 0 Å². The van der Waals surface area contributed by atoms with Crippen molar-refractivity contribution in [2.75, 3.05) is 7.05 Å². The molecule has 0 saturated carbocycles. The molecule has 1 aliphatic heterocycles. The van der Waals surface area contributed by atoms with Crippen molar-refractivity contribution in [2.24, 2.45) is 4.40 Å². The van der Waals surface area contributed by atoms with Crippen LogP contribution in [0.4, 0.5) is 0 Å². The molecule has 0 saturated heterocycles. The molecule has 0 aromatic rings. The second kappa shape index (κ2) is 4.89. The van der Waals surface area contributed by atoms with Gasteiger partial charge in [-0.1, -0.05) is 18.2 Å². The first-order chi connectivity index (χ1) is 7.51. The third-order valence-corrected chi connectivity index (χ3v) is 3.11. The van der Waals surface area contributed by atoms with Crippen LogP contribution in [-0.2, 0) is 14.8 Å². The van der Waals surface area contributed by atoms with Crippen LogP contribution in [0.15, 0.2) is 39.7 Å². The van der Waals surface area contributed by atoms with Crippen molar-refractivity contribution >= 4 is 21.6 Å². The van der Waals surface area contributed by atoms with E-state index >= 15 is 0 Å². The summed E-state index contributed by atoms with van der Waals surface area (Å²) in [6.45, 7) is 1.81. The fourth-order valence-corrected chi connectivity index (χ4v) is 2.06. The molecule has 5 nitrogen and oxygen atoms in total. The van der Waals surface area contributed by atoms with Gasteiger partial charge in [0.05, 0.1) is 4.91 Å². The van der Waals surface area contributed by atoms with E-state index in [1.54, 1.807) is 18.2 Å². The van der Waals surface area contributed by atoms with Crippen LogP contribution in [0.1, 0.15) is 6.92 Å². The second-order valence-electron chi connectivity index (χ2n) is 2.96. The maximum atomic E-state index is 11.5. The summed E-state index contributed by atoms with van der Waals surface area (Å²) in [5.74, 6) is -0.516. The average Bonchev–Trinajstić information content (AvgIpc) is 2.54. The number of nitrogens with zero attached hydrogens (tertiary/aromatic N) is 1. The Balaban J connectivity index is 3.03. The minimum absolute atomic E-state index is 0.0178. The molecule has 1 amide bonds. The number of allylic oxidation sites excluding steroid dienone is 4. The van der Waals surface area contributed by atoms with Gasteiger partial charge in [0.1, 0.15) is 5.71 Å². The van der Waals surface area contributed by atoms with Crippen molar-refractivity contribution in [2.45, 2.75) is 6.92 Å². The van der Waals surface area contributed by atoms with Crippen molar-refractivity contribution < 1.29 is 13.2 Å². The van der Waals surface area contributed by atoms with E-state index in [0.29, 0.717) is 0 Å². The average molecular weight is 240 g/mol. The number of hydrogen-bond donors (Lipinski definition) is 1. The molecule has 0 radical (unpaired) electrons. The third-order valence-electron chi connectivity index (χ3n) is 1.82. The zero-order valence-corrected chi connectivity index (χ0v) is 9.78. The highest BCUT2D eigenvalue weighted by Gasteiger charge is 2.25. The molecule has 0 aromatic carbocycles. The fraction of sp³-hybridized carbons (Fsp3) is 0.200. The van der Waals surface area contributed by atoms with E-state index in [1.807, 2.05) is 6.92 Å². The van der Waals surface area contributed by atoms with Crippen molar-refractivity contribution in [1.82, 2.24) is 5.32 Å². The van der Waals surface area contributed by atoms with Gasteiger partial charge in [-0.25, -0.2) is 0 Å². The van der Waals surface area contributed by atoms with E-state index < -0.39 is 15.9 Å². The van der Waals surface area contributed by atoms with E-state index in [2.05, 4.69) is 9.71 Å². The summed E-state index contributed by atoms with van der Waals surface area (Å²) in [7, 11) is -2.29. The SMILES string of the molecule is C/C=C\C=C/C1=CC(C(=O)NC)=NS1(=O)=O. The van der Waals surface area contributed by atoms with Crippen LogP contribution in [0, 0.1) is 0 Å². The number of hydrogen-bond acceptors (Lipinski definition) is 3. The number of nitrogens with one attached hydrogen (secondary N) is 1. The van der Waals surface area contributed by atoms with Gasteiger partial charge in [-0.3, -0.25) is 4.79 Å². The van der Waals surface area contributed by atoms with Crippen LogP contribution >= 0.6 is 0 Å². The van der Waals surface area contributed by atoms with Crippen LogP contribution < -0.4 is 5.32 Å². The first kappa shape index (κ1) is 12.4. The molecular formula is C10H12N2O3S. The van der Waals surface area contributed by atoms with Crippen LogP contribution in [0.5, 0.6) is 0 Å². The third kappa shape index (κ3) is 2.66. The topological polar surface area (TPSA) is 75.6 Å². The minimum Gasteiger partial charge on any atom is -0.354 e. The zero-order valence-electron chi connectivity index (χ0n) is 8.97. The lowest BCUT2D eigenvalue weighted by Gasteiger charge is -1.91. The maximum absolute atomic E-state index is 11.5. The lowest BCUT2D eigenvalue weighted by atomic mass is 10.3. The van der Waals surface area contributed by atoms with Crippen LogP contribution in [-0.4, -0.2) is 27.1 Å². The Morgan fingerprint density at radius 2 is 2.12 bits per heavy atom. The molecule has 0 aliphatic carbocycles. The van der Waals surface area contributed by atoms with E-state index in [-0.39, 0.29) is 10.6 Å². The van der Waals surface area contributed by atoms with Gasteiger partial charge in [-0.2, -0.15) is 12.8 Å². The fourth-order valence-electron chi connectivity index (χ4n) is 1.05. The van der Waals surface area contributed by atoms with Crippen LogP contribution in [0.2, 0.25) is 0 Å². The lowest BCUT2D eigenvalue weighted by molar-refractivity contribution is -0.114. The largest absolute Gasteiger partial charge is 0.354 e. The molecular weight excluding hydrogens is 228 g/mol. The van der Waals surface area contributed by atoms with E-state index in [1.165, 1.54) is 19.2 Å². The van der Waals surface area contributed by atoms with Crippen molar-refractivity contribution in [3.63, 3.8) is 0 Å². The van der Waals surface area contributed by atoms with E-state index in [0.717, 1.165) is 0 Å². The zero-order chi connectivity index (χ0) is 12.2. The molecule has 0 fully saturated rings. The predicted molar refractivity (Wildman–Crippen MR) is 62.5 cm³/mol. The highest BCUT2D eigenvalue weighted by atomic mass is 32.2. The highest BCUT2D eigenvalue weighted by Crippen LogP contribution is 2.18. The summed E-state index contributed by atoms with van der Waals surface area (Å²) >= 11 is 0. The van der Waals surface area contributed by atoms with Gasteiger partial charge in [0.25, 0.3) is 15.9 Å². The molecule has 86 valence electrons. The normalized spacial score (nSPS) is 18.9. The number of sulfonamides is 1. The van der Waals surface area contributed by atoms with Gasteiger partial charge in [0, 0.05) is 7.05 Å². The second-order valence-corrected chi connectivity index (χ2v) is 4.57. The molecule has 0 bridgehead atoms. The summed E-state index contributed by atoms with van der Waals surface area (Å²) in [6, 6.07) is 0. The van der Waals surface area contributed by atoms with Crippen molar-refractivity contribution in [3.8, 4) is 0 Å². The quantitative estimate of drug-likeness (QED) is 0.731. The van der Waals surface area contributed by atoms with Gasteiger partial charge >= 0.3 is 0 Å². The number of carbonyl (C=O) groups is 1. The number of carbonyl (C=O) groups excluding carboxylic acids is 1. The standard InChI is InChI=1S/C10H12N2O3S/c1-3-4-5-6-8-7-9(10(13)11-2)12-16(8,14)15/h3-7H,1-2H3,(H,11,13)/b4-3-,6-5-. The summed E-state index contributed by atoms with van der Waals surface area (Å²) < 4.78 is 26.3. The van der Waals surface area contributed by atoms with Gasteiger partial charge < -0.3 is 5.32 Å². The molecule has 16 heavy (non-hydrogen) atoms. The Morgan fingerprint density at radius 1 is 1.44 bits per heavy atom. The van der Waals surface area contributed by atoms with E-state index in [4.69, 9.17) is 0 Å². The highest BCUT2D eigenvalue weighted by molar-refractivity contribution is 7.94. The van der Waals surface area contributed by atoms with Gasteiger partial charge in [0.2, 0.25) is 0 Å². The van der Waals surface area contributed by atoms with Crippen molar-refractivity contribution in [1.29, 1.82) is 0 Å². The number of amides is 1. The Morgan fingerprint density at radius 3 is 2.69 bits per heavy atom. The first-order valence-electron chi connectivity index (χ1n) is 4.59. The molecule has 0 aromatic heterocycles. The molecule has 1 rings (SSSR count). The Kier molecular flexibility index (Phi) is 3.78. The van der Waals surface area contributed by atoms with E-state index in [9.17, 15) is 13.2 Å². The molecule has 0 atom stereocenters. The smallest absolute Gasteiger partial charge is 0.283 e. The minimum atomic E-state index is -3.70. The summed E-state index contributed by atoms with van der Waals surface area (Å²) in [6.07, 6.45) is 7.67. The van der Waals surface area contributed by atoms with Crippen LogP contribution in [0.3, 0.4) is 0 Å². The molecule has 1 aliphatic rings. The molecule has 1 heterocycles. The van der Waals surface area contributed by atoms with Gasteiger partial charge in [-0.15, -0.1) is 0 Å². The summed E-state index contributed by atoms with van der Waals surface area (Å²) in [4.78, 5) is 11.2. The summed E-state index contributed by atoms with van der Waals surface area (Å²) in [5.41, 5.74) is -0.0948. The lowest BCUT2D eigenvalue weighted by Crippen LogP contribution is -2.25. The number of rotatable bonds is 3. The molecule has 1 N–H and O–H groups in total. The Bertz CT molecular complexity index is 510. The maximum Gasteiger partial charge on any atom is 0.283 e. The Labute approximate surface area is 94.3 Å². The van der Waals surface area contributed by atoms with Crippen molar-refractivity contribution in [3.05, 3.63) is 35.3 Å². The molecule has 0 unspecified atom stereocenters. The molecule has 6 heteroatoms. The first-order valence-corrected chi connectivity index (χ1v) is 6.03. The predicted octanol–water partition coefficient (Wildman–Crippen LogP) is 0.533. The molecule has 0 spiro atoms. The summed E-state index contributed by atoms with van der Waals surface area (Å²) in [5, 5.41) is 2.32. The Hall–Kier alpha value is -1.69. The van der Waals surface area contributed by atoms with Gasteiger partial charge in [-0.05, 0) is 19.1 Å². The monoisotopic (exact) mass is 240 g/mol.